The Bertz CT molecular complexity index is 653. The maximum atomic E-state index is 13.2. The Labute approximate surface area is 186 Å². The zero-order valence-corrected chi connectivity index (χ0v) is 18.3. The molecule has 0 spiro atoms. The molecule has 0 aromatic rings. The number of carbonyl (C=O) groups excluding carboxylic acids is 1. The van der Waals surface area contributed by atoms with Crippen molar-refractivity contribution in [2.24, 2.45) is 11.8 Å². The summed E-state index contributed by atoms with van der Waals surface area (Å²) in [5.41, 5.74) is -0.762. The van der Waals surface area contributed by atoms with E-state index in [9.17, 15) is 25.2 Å². The highest BCUT2D eigenvalue weighted by atomic mass is 32.2. The Hall–Kier alpha value is -0.720. The van der Waals surface area contributed by atoms with Crippen LogP contribution in [-0.2, 0) is 14.3 Å². The molecule has 10 atom stereocenters. The number of hydrogen-bond acceptors (Lipinski definition) is 9. The van der Waals surface area contributed by atoms with Crippen molar-refractivity contribution in [3.63, 3.8) is 0 Å². The van der Waals surface area contributed by atoms with Gasteiger partial charge in [-0.05, 0) is 25.2 Å². The third-order valence-electron chi connectivity index (χ3n) is 6.79. The van der Waals surface area contributed by atoms with Gasteiger partial charge >= 0.3 is 0 Å². The van der Waals surface area contributed by atoms with E-state index in [-0.39, 0.29) is 24.5 Å². The lowest BCUT2D eigenvalue weighted by atomic mass is 9.92. The second-order valence-corrected chi connectivity index (χ2v) is 10.1. The SMILES string of the molecule is O=C(NC1C/C=C\C(CO)CSC2OC1C(O)C(O)C2O)C1NC[C@@H]2CCCCOC12. The van der Waals surface area contributed by atoms with E-state index in [1.807, 2.05) is 12.2 Å². The first-order valence-corrected chi connectivity index (χ1v) is 12.3. The first-order valence-electron chi connectivity index (χ1n) is 11.2. The summed E-state index contributed by atoms with van der Waals surface area (Å²) in [4.78, 5) is 13.2. The van der Waals surface area contributed by atoms with Gasteiger partial charge in [0.25, 0.3) is 0 Å². The molecule has 0 aliphatic carbocycles. The van der Waals surface area contributed by atoms with Crippen LogP contribution in [0.4, 0.5) is 0 Å². The fraction of sp³-hybridized carbons (Fsp3) is 0.857. The van der Waals surface area contributed by atoms with Crippen LogP contribution in [0.5, 0.6) is 0 Å². The van der Waals surface area contributed by atoms with Crippen LogP contribution in [0, 0.1) is 11.8 Å². The normalized spacial score (nSPS) is 47.1. The van der Waals surface area contributed by atoms with Gasteiger partial charge in [0.2, 0.25) is 5.91 Å². The predicted octanol–water partition coefficient (Wildman–Crippen LogP) is -1.26. The van der Waals surface area contributed by atoms with Crippen molar-refractivity contribution < 1.29 is 34.7 Å². The molecule has 0 radical (unpaired) electrons. The zero-order chi connectivity index (χ0) is 22.0. The van der Waals surface area contributed by atoms with Crippen LogP contribution in [0.15, 0.2) is 12.2 Å². The monoisotopic (exact) mass is 458 g/mol. The van der Waals surface area contributed by atoms with E-state index in [1.165, 1.54) is 11.8 Å². The lowest BCUT2D eigenvalue weighted by molar-refractivity contribution is -0.205. The standard InChI is InChI=1S/C21H34N2O7S/c24-9-11-4-3-6-13(19-16(26)15(25)17(27)21(30-19)31-10-11)23-20(28)14-18-12(8-22-14)5-1-2-7-29-18/h3-4,11-19,21-22,24-27H,1-2,5-10H2,(H,23,28)/b4-3-/t11?,12-,13?,14?,15?,16?,17?,18?,19?,21?/m0/s1. The van der Waals surface area contributed by atoms with Crippen LogP contribution in [0.2, 0.25) is 0 Å². The Balaban J connectivity index is 1.51. The summed E-state index contributed by atoms with van der Waals surface area (Å²) in [5, 5.41) is 47.2. The Morgan fingerprint density at radius 2 is 2.00 bits per heavy atom. The molecule has 9 unspecified atom stereocenters. The fourth-order valence-electron chi connectivity index (χ4n) is 4.95. The molecule has 6 N–H and O–H groups in total. The van der Waals surface area contributed by atoms with Gasteiger partial charge in [-0.2, -0.15) is 0 Å². The average Bonchev–Trinajstić information content (AvgIpc) is 3.03. The number of aliphatic hydroxyl groups excluding tert-OH is 4. The molecule has 9 nitrogen and oxygen atoms in total. The highest BCUT2D eigenvalue weighted by molar-refractivity contribution is 7.99. The zero-order valence-electron chi connectivity index (χ0n) is 17.5. The van der Waals surface area contributed by atoms with Crippen LogP contribution < -0.4 is 10.6 Å². The average molecular weight is 459 g/mol. The molecule has 31 heavy (non-hydrogen) atoms. The lowest BCUT2D eigenvalue weighted by Gasteiger charge is -2.44. The predicted molar refractivity (Wildman–Crippen MR) is 114 cm³/mol. The highest BCUT2D eigenvalue weighted by Gasteiger charge is 2.48. The summed E-state index contributed by atoms with van der Waals surface area (Å²) >= 11 is 1.29. The number of hydrogen-bond donors (Lipinski definition) is 6. The third kappa shape index (κ3) is 5.11. The van der Waals surface area contributed by atoms with E-state index in [0.717, 1.165) is 25.8 Å². The van der Waals surface area contributed by atoms with Gasteiger partial charge in [-0.15, -0.1) is 11.8 Å². The van der Waals surface area contributed by atoms with Crippen LogP contribution in [0.3, 0.4) is 0 Å². The number of nitrogens with one attached hydrogen (secondary N) is 2. The molecular weight excluding hydrogens is 424 g/mol. The van der Waals surface area contributed by atoms with E-state index in [1.54, 1.807) is 0 Å². The van der Waals surface area contributed by atoms with Crippen LogP contribution in [0.25, 0.3) is 0 Å². The molecule has 176 valence electrons. The highest BCUT2D eigenvalue weighted by Crippen LogP contribution is 2.33. The molecule has 0 aromatic heterocycles. The van der Waals surface area contributed by atoms with Gasteiger partial charge in [-0.1, -0.05) is 18.6 Å². The van der Waals surface area contributed by atoms with Gasteiger partial charge in [-0.3, -0.25) is 4.79 Å². The first kappa shape index (κ1) is 23.4. The number of thioether (sulfide) groups is 1. The number of ether oxygens (including phenoxy) is 2. The molecule has 0 saturated carbocycles. The van der Waals surface area contributed by atoms with Gasteiger partial charge in [0, 0.05) is 24.8 Å². The summed E-state index contributed by atoms with van der Waals surface area (Å²) in [5.74, 6) is 0.466. The molecule has 4 aliphatic heterocycles. The molecule has 4 heterocycles. The minimum absolute atomic E-state index is 0.0512. The smallest absolute Gasteiger partial charge is 0.240 e. The third-order valence-corrected chi connectivity index (χ3v) is 8.13. The maximum absolute atomic E-state index is 13.2. The van der Waals surface area contributed by atoms with Gasteiger partial charge in [0.05, 0.1) is 18.8 Å². The number of fused-ring (bicyclic) bond motifs is 3. The van der Waals surface area contributed by atoms with Crippen molar-refractivity contribution in [3.05, 3.63) is 12.2 Å². The van der Waals surface area contributed by atoms with Crippen molar-refractivity contribution >= 4 is 17.7 Å². The minimum Gasteiger partial charge on any atom is -0.396 e. The summed E-state index contributed by atoms with van der Waals surface area (Å²) in [6, 6.07) is -1.08. The minimum atomic E-state index is -1.38. The van der Waals surface area contributed by atoms with Gasteiger partial charge in [0.15, 0.2) is 0 Å². The van der Waals surface area contributed by atoms with Gasteiger partial charge in [0.1, 0.15) is 35.9 Å². The number of rotatable bonds is 3. The number of aliphatic hydroxyl groups is 4. The molecular formula is C21H34N2O7S. The Kier molecular flexibility index (Phi) is 7.92. The van der Waals surface area contributed by atoms with E-state index in [0.29, 0.717) is 24.7 Å². The van der Waals surface area contributed by atoms with Crippen LogP contribution in [0.1, 0.15) is 25.7 Å². The molecule has 3 fully saturated rings. The maximum Gasteiger partial charge on any atom is 0.240 e. The summed E-state index contributed by atoms with van der Waals surface area (Å²) in [6.45, 7) is 1.33. The number of amides is 1. The van der Waals surface area contributed by atoms with E-state index in [4.69, 9.17) is 9.47 Å². The molecule has 4 rings (SSSR count). The molecule has 0 aromatic carbocycles. The topological polar surface area (TPSA) is 141 Å². The lowest BCUT2D eigenvalue weighted by Crippen LogP contribution is -2.64. The summed E-state index contributed by atoms with van der Waals surface area (Å²) < 4.78 is 11.9. The van der Waals surface area contributed by atoms with E-state index < -0.39 is 41.9 Å². The van der Waals surface area contributed by atoms with E-state index >= 15 is 0 Å². The second-order valence-electron chi connectivity index (χ2n) is 8.97. The van der Waals surface area contributed by atoms with Crippen LogP contribution >= 0.6 is 11.8 Å². The Morgan fingerprint density at radius 3 is 2.81 bits per heavy atom. The molecule has 10 heteroatoms. The first-order chi connectivity index (χ1) is 15.0. The fourth-order valence-corrected chi connectivity index (χ4v) is 6.17. The van der Waals surface area contributed by atoms with Crippen molar-refractivity contribution in [1.29, 1.82) is 0 Å². The summed E-state index contributed by atoms with van der Waals surface area (Å²) in [7, 11) is 0. The second kappa shape index (κ2) is 10.5. The van der Waals surface area contributed by atoms with Crippen molar-refractivity contribution in [2.45, 2.75) is 73.7 Å². The number of carbonyl (C=O) groups is 1. The van der Waals surface area contributed by atoms with Crippen molar-refractivity contribution in [3.8, 4) is 0 Å². The van der Waals surface area contributed by atoms with Gasteiger partial charge < -0.3 is 40.5 Å². The Morgan fingerprint density at radius 1 is 1.16 bits per heavy atom. The summed E-state index contributed by atoms with van der Waals surface area (Å²) in [6.07, 6.45) is 2.23. The molecule has 4 aliphatic rings. The molecule has 1 amide bonds. The molecule has 3 saturated heterocycles. The van der Waals surface area contributed by atoms with Crippen molar-refractivity contribution in [2.75, 3.05) is 25.5 Å². The van der Waals surface area contributed by atoms with Crippen molar-refractivity contribution in [1.82, 2.24) is 10.6 Å². The molecule has 2 bridgehead atoms. The quantitative estimate of drug-likeness (QED) is 0.286. The van der Waals surface area contributed by atoms with E-state index in [2.05, 4.69) is 10.6 Å². The van der Waals surface area contributed by atoms with Gasteiger partial charge in [-0.25, -0.2) is 0 Å². The van der Waals surface area contributed by atoms with Crippen LogP contribution in [-0.4, -0.2) is 99.9 Å². The largest absolute Gasteiger partial charge is 0.396 e.